The van der Waals surface area contributed by atoms with E-state index in [4.69, 9.17) is 11.6 Å². The van der Waals surface area contributed by atoms with E-state index in [2.05, 4.69) is 4.99 Å². The third-order valence-electron chi connectivity index (χ3n) is 3.09. The van der Waals surface area contributed by atoms with Crippen LogP contribution in [0, 0.1) is 6.92 Å². The fraction of sp³-hybridized carbons (Fsp3) is 0.188. The van der Waals surface area contributed by atoms with Gasteiger partial charge in [0.05, 0.1) is 12.1 Å². The minimum Gasteiger partial charge on any atom is -0.288 e. The number of aliphatic imine (C=N–C) groups is 1. The van der Waals surface area contributed by atoms with E-state index in [1.54, 1.807) is 6.92 Å². The highest BCUT2D eigenvalue weighted by Gasteiger charge is 2.33. The van der Waals surface area contributed by atoms with Gasteiger partial charge in [-0.1, -0.05) is 41.9 Å². The molecule has 0 atom stereocenters. The van der Waals surface area contributed by atoms with Crippen LogP contribution in [0.2, 0.25) is 5.02 Å². The zero-order chi connectivity index (χ0) is 15.5. The molecule has 0 aliphatic rings. The average Bonchev–Trinajstić information content (AvgIpc) is 2.43. The number of hydrogen-bond donors (Lipinski definition) is 0. The average molecular weight is 312 g/mol. The number of rotatable bonds is 3. The second kappa shape index (κ2) is 6.31. The molecule has 1 nitrogen and oxygen atoms in total. The van der Waals surface area contributed by atoms with Gasteiger partial charge in [0.15, 0.2) is 0 Å². The van der Waals surface area contributed by atoms with Crippen molar-refractivity contribution < 1.29 is 13.2 Å². The van der Waals surface area contributed by atoms with Gasteiger partial charge in [-0.15, -0.1) is 0 Å². The van der Waals surface area contributed by atoms with Gasteiger partial charge in [-0.05, 0) is 30.2 Å². The second-order valence-electron chi connectivity index (χ2n) is 4.59. The molecule has 110 valence electrons. The first kappa shape index (κ1) is 15.6. The van der Waals surface area contributed by atoms with Crippen molar-refractivity contribution >= 4 is 17.8 Å². The van der Waals surface area contributed by atoms with Crippen LogP contribution in [-0.4, -0.2) is 6.21 Å². The van der Waals surface area contributed by atoms with Crippen LogP contribution < -0.4 is 0 Å². The molecule has 0 fully saturated rings. The third-order valence-corrected chi connectivity index (χ3v) is 3.50. The van der Waals surface area contributed by atoms with E-state index in [1.165, 1.54) is 12.3 Å². The maximum Gasteiger partial charge on any atom is 0.417 e. The van der Waals surface area contributed by atoms with Crippen LogP contribution in [0.25, 0.3) is 0 Å². The number of halogens is 4. The molecule has 0 saturated heterocycles. The van der Waals surface area contributed by atoms with Gasteiger partial charge in [0.2, 0.25) is 0 Å². The monoisotopic (exact) mass is 311 g/mol. The summed E-state index contributed by atoms with van der Waals surface area (Å²) in [6.45, 7) is 1.88. The van der Waals surface area contributed by atoms with Gasteiger partial charge in [0, 0.05) is 16.8 Å². The normalized spacial score (nSPS) is 12.0. The lowest BCUT2D eigenvalue weighted by Gasteiger charge is -2.13. The van der Waals surface area contributed by atoms with Crippen molar-refractivity contribution in [3.05, 3.63) is 69.7 Å². The Bertz CT molecular complexity index is 649. The number of alkyl halides is 3. The number of nitrogens with zero attached hydrogens (tertiary/aromatic N) is 1. The summed E-state index contributed by atoms with van der Waals surface area (Å²) in [6, 6.07) is 11.6. The van der Waals surface area contributed by atoms with Crippen LogP contribution in [0.3, 0.4) is 0 Å². The lowest BCUT2D eigenvalue weighted by atomic mass is 10.0. The van der Waals surface area contributed by atoms with Gasteiger partial charge < -0.3 is 0 Å². The summed E-state index contributed by atoms with van der Waals surface area (Å²) in [6.07, 6.45) is -3.18. The van der Waals surface area contributed by atoms with E-state index in [-0.39, 0.29) is 5.56 Å². The maximum absolute atomic E-state index is 13.0. The van der Waals surface area contributed by atoms with Crippen LogP contribution in [-0.2, 0) is 12.7 Å². The number of hydrogen-bond acceptors (Lipinski definition) is 1. The van der Waals surface area contributed by atoms with Crippen molar-refractivity contribution in [1.82, 2.24) is 0 Å². The predicted molar refractivity (Wildman–Crippen MR) is 78.9 cm³/mol. The molecule has 0 heterocycles. The summed E-state index contributed by atoms with van der Waals surface area (Å²) in [4.78, 5) is 4.10. The van der Waals surface area contributed by atoms with E-state index in [9.17, 15) is 13.2 Å². The largest absolute Gasteiger partial charge is 0.417 e. The lowest BCUT2D eigenvalue weighted by Crippen LogP contribution is -2.10. The minimum atomic E-state index is -4.43. The molecule has 0 bridgehead atoms. The summed E-state index contributed by atoms with van der Waals surface area (Å²) in [5, 5.41) is 0.296. The van der Waals surface area contributed by atoms with Crippen molar-refractivity contribution in [2.24, 2.45) is 4.99 Å². The van der Waals surface area contributed by atoms with Crippen LogP contribution in [0.1, 0.15) is 22.3 Å². The molecule has 2 rings (SSSR count). The third kappa shape index (κ3) is 3.85. The van der Waals surface area contributed by atoms with Crippen LogP contribution in [0.15, 0.2) is 47.5 Å². The van der Waals surface area contributed by atoms with E-state index >= 15 is 0 Å². The Kier molecular flexibility index (Phi) is 4.68. The van der Waals surface area contributed by atoms with Gasteiger partial charge in [-0.3, -0.25) is 4.99 Å². The molecule has 0 radical (unpaired) electrons. The highest BCUT2D eigenvalue weighted by Crippen LogP contribution is 2.34. The standard InChI is InChI=1S/C16H13ClF3N/c1-11-13(10-21-9-12-5-3-2-4-6-12)14(16(18,19)20)7-8-15(11)17/h2-8,10H,9H2,1H3. The zero-order valence-corrected chi connectivity index (χ0v) is 12.0. The van der Waals surface area contributed by atoms with Gasteiger partial charge in [-0.25, -0.2) is 0 Å². The molecule has 0 saturated carbocycles. The van der Waals surface area contributed by atoms with Crippen molar-refractivity contribution in [1.29, 1.82) is 0 Å². The summed E-state index contributed by atoms with van der Waals surface area (Å²) in [7, 11) is 0. The first-order valence-electron chi connectivity index (χ1n) is 6.29. The second-order valence-corrected chi connectivity index (χ2v) is 4.99. The quantitative estimate of drug-likeness (QED) is 0.683. The first-order chi connectivity index (χ1) is 9.89. The summed E-state index contributed by atoms with van der Waals surface area (Å²) in [5.41, 5.74) is 0.609. The molecule has 21 heavy (non-hydrogen) atoms. The molecular weight excluding hydrogens is 299 g/mol. The number of benzene rings is 2. The molecule has 2 aromatic carbocycles. The summed E-state index contributed by atoms with van der Waals surface area (Å²) < 4.78 is 39.0. The van der Waals surface area contributed by atoms with E-state index in [0.717, 1.165) is 11.6 Å². The van der Waals surface area contributed by atoms with Crippen molar-refractivity contribution in [2.45, 2.75) is 19.6 Å². The molecule has 0 aliphatic heterocycles. The van der Waals surface area contributed by atoms with Crippen molar-refractivity contribution in [3.63, 3.8) is 0 Å². The van der Waals surface area contributed by atoms with E-state index in [1.807, 2.05) is 30.3 Å². The molecule has 0 amide bonds. The predicted octanol–water partition coefficient (Wildman–Crippen LogP) is 5.29. The smallest absolute Gasteiger partial charge is 0.288 e. The Hall–Kier alpha value is -1.81. The fourth-order valence-corrected chi connectivity index (χ4v) is 2.11. The fourth-order valence-electron chi connectivity index (χ4n) is 1.94. The molecule has 0 aliphatic carbocycles. The van der Waals surface area contributed by atoms with Crippen molar-refractivity contribution in [2.75, 3.05) is 0 Å². The van der Waals surface area contributed by atoms with Gasteiger partial charge in [0.1, 0.15) is 0 Å². The van der Waals surface area contributed by atoms with Gasteiger partial charge in [-0.2, -0.15) is 13.2 Å². The zero-order valence-electron chi connectivity index (χ0n) is 11.3. The van der Waals surface area contributed by atoms with Crippen LogP contribution in [0.4, 0.5) is 13.2 Å². The molecule has 5 heteroatoms. The SMILES string of the molecule is Cc1c(Cl)ccc(C(F)(F)F)c1C=NCc1ccccc1. The highest BCUT2D eigenvalue weighted by molar-refractivity contribution is 6.31. The molecule has 0 aromatic heterocycles. The highest BCUT2D eigenvalue weighted by atomic mass is 35.5. The van der Waals surface area contributed by atoms with Gasteiger partial charge >= 0.3 is 6.18 Å². The Morgan fingerprint density at radius 3 is 2.38 bits per heavy atom. The maximum atomic E-state index is 13.0. The topological polar surface area (TPSA) is 12.4 Å². The van der Waals surface area contributed by atoms with Gasteiger partial charge in [0.25, 0.3) is 0 Å². The molecule has 0 unspecified atom stereocenters. The first-order valence-corrected chi connectivity index (χ1v) is 6.67. The molecule has 0 spiro atoms. The van der Waals surface area contributed by atoms with Crippen molar-refractivity contribution in [3.8, 4) is 0 Å². The molecule has 0 N–H and O–H groups in total. The molecule has 2 aromatic rings. The van der Waals surface area contributed by atoms with Crippen LogP contribution >= 0.6 is 11.6 Å². The Labute approximate surface area is 126 Å². The Morgan fingerprint density at radius 2 is 1.76 bits per heavy atom. The lowest BCUT2D eigenvalue weighted by molar-refractivity contribution is -0.137. The van der Waals surface area contributed by atoms with E-state index in [0.29, 0.717) is 17.1 Å². The summed E-state index contributed by atoms with van der Waals surface area (Å²) in [5.74, 6) is 0. The van der Waals surface area contributed by atoms with Crippen LogP contribution in [0.5, 0.6) is 0 Å². The summed E-state index contributed by atoms with van der Waals surface area (Å²) >= 11 is 5.90. The molecular formula is C16H13ClF3N. The minimum absolute atomic E-state index is 0.0194. The Balaban J connectivity index is 2.32. The van der Waals surface area contributed by atoms with E-state index < -0.39 is 11.7 Å². The Morgan fingerprint density at radius 1 is 1.10 bits per heavy atom.